The van der Waals surface area contributed by atoms with Crippen molar-refractivity contribution in [2.24, 2.45) is 0 Å². The van der Waals surface area contributed by atoms with E-state index in [-0.39, 0.29) is 22.5 Å². The number of nitrogens with one attached hydrogen (secondary N) is 1. The van der Waals surface area contributed by atoms with Crippen molar-refractivity contribution >= 4 is 28.1 Å². The van der Waals surface area contributed by atoms with Crippen molar-refractivity contribution in [2.75, 3.05) is 6.61 Å². The second-order valence-electron chi connectivity index (χ2n) is 7.14. The monoisotopic (exact) mass is 436 g/mol. The lowest BCUT2D eigenvalue weighted by Gasteiger charge is -2.12. The molecule has 0 amide bonds. The number of aromatic amines is 1. The van der Waals surface area contributed by atoms with E-state index >= 15 is 0 Å². The minimum atomic E-state index is -1.20. The summed E-state index contributed by atoms with van der Waals surface area (Å²) in [6.07, 6.45) is -1.20. The summed E-state index contributed by atoms with van der Waals surface area (Å²) >= 11 is 0. The molecule has 0 saturated heterocycles. The fourth-order valence-corrected chi connectivity index (χ4v) is 3.37. The van der Waals surface area contributed by atoms with Gasteiger partial charge in [-0.1, -0.05) is 30.3 Å². The van der Waals surface area contributed by atoms with Crippen LogP contribution in [-0.4, -0.2) is 37.7 Å². The molecule has 1 heterocycles. The van der Waals surface area contributed by atoms with Gasteiger partial charge in [-0.05, 0) is 35.9 Å². The van der Waals surface area contributed by atoms with Gasteiger partial charge in [0.05, 0.1) is 17.6 Å². The number of allylic oxidation sites excluding steroid dienone is 1. The second-order valence-corrected chi connectivity index (χ2v) is 7.14. The number of aliphatic hydroxyl groups is 3. The van der Waals surface area contributed by atoms with Gasteiger partial charge in [-0.3, -0.25) is 4.79 Å². The van der Waals surface area contributed by atoms with E-state index in [0.717, 1.165) is 12.1 Å². The lowest BCUT2D eigenvalue weighted by Crippen LogP contribution is -2.10. The number of aliphatic hydroxyl groups excluding tert-OH is 3. The van der Waals surface area contributed by atoms with Crippen LogP contribution in [0.2, 0.25) is 0 Å². The maximum Gasteiger partial charge on any atom is 0.200 e. The van der Waals surface area contributed by atoms with E-state index in [1.165, 1.54) is 24.3 Å². The smallest absolute Gasteiger partial charge is 0.200 e. The average Bonchev–Trinajstić information content (AvgIpc) is 3.21. The quantitative estimate of drug-likeness (QED) is 0.206. The van der Waals surface area contributed by atoms with Gasteiger partial charge in [-0.2, -0.15) is 0 Å². The third kappa shape index (κ3) is 4.14. The Morgan fingerprint density at radius 2 is 1.69 bits per heavy atom. The zero-order chi connectivity index (χ0) is 22.8. The van der Waals surface area contributed by atoms with Crippen LogP contribution >= 0.6 is 0 Å². The molecule has 4 rings (SSSR count). The van der Waals surface area contributed by atoms with E-state index < -0.39 is 35.9 Å². The first kappa shape index (κ1) is 21.4. The Labute approximate surface area is 181 Å². The van der Waals surface area contributed by atoms with Crippen molar-refractivity contribution in [3.8, 4) is 0 Å². The molecule has 32 heavy (non-hydrogen) atoms. The minimum Gasteiger partial charge on any atom is -0.506 e. The third-order valence-electron chi connectivity index (χ3n) is 4.93. The van der Waals surface area contributed by atoms with Gasteiger partial charge in [-0.25, -0.2) is 13.8 Å². The highest BCUT2D eigenvalue weighted by atomic mass is 19.1. The number of carbonyl (C=O) groups is 1. The molecule has 0 aliphatic heterocycles. The van der Waals surface area contributed by atoms with Crippen molar-refractivity contribution in [3.63, 3.8) is 0 Å². The Kier molecular flexibility index (Phi) is 5.81. The third-order valence-corrected chi connectivity index (χ3v) is 4.93. The van der Waals surface area contributed by atoms with E-state index in [1.54, 1.807) is 24.3 Å². The van der Waals surface area contributed by atoms with E-state index in [9.17, 15) is 28.9 Å². The molecule has 0 aliphatic carbocycles. The van der Waals surface area contributed by atoms with E-state index in [1.807, 2.05) is 0 Å². The van der Waals surface area contributed by atoms with Crippen LogP contribution in [0.3, 0.4) is 0 Å². The number of fused-ring (bicyclic) bond motifs is 1. The second kappa shape index (κ2) is 8.70. The number of rotatable bonds is 6. The maximum absolute atomic E-state index is 13.8. The summed E-state index contributed by atoms with van der Waals surface area (Å²) in [5, 5.41) is 30.1. The predicted octanol–water partition coefficient (Wildman–Crippen LogP) is 4.18. The van der Waals surface area contributed by atoms with Gasteiger partial charge >= 0.3 is 0 Å². The van der Waals surface area contributed by atoms with Gasteiger partial charge < -0.3 is 20.3 Å². The summed E-state index contributed by atoms with van der Waals surface area (Å²) in [4.78, 5) is 20.8. The molecule has 0 bridgehead atoms. The Morgan fingerprint density at radius 3 is 2.38 bits per heavy atom. The number of halogens is 2. The van der Waals surface area contributed by atoms with Crippen LogP contribution in [0.5, 0.6) is 0 Å². The summed E-state index contributed by atoms with van der Waals surface area (Å²) in [6.45, 7) is -0.544. The molecule has 0 radical (unpaired) electrons. The highest BCUT2D eigenvalue weighted by Crippen LogP contribution is 2.29. The summed E-state index contributed by atoms with van der Waals surface area (Å²) in [5.41, 5.74) is 0.943. The predicted molar refractivity (Wildman–Crippen MR) is 115 cm³/mol. The van der Waals surface area contributed by atoms with Gasteiger partial charge in [0.1, 0.15) is 34.9 Å². The molecular formula is C24H18F2N2O4. The highest BCUT2D eigenvalue weighted by molar-refractivity contribution is 6.33. The van der Waals surface area contributed by atoms with Gasteiger partial charge in [-0.15, -0.1) is 0 Å². The van der Waals surface area contributed by atoms with Crippen molar-refractivity contribution in [2.45, 2.75) is 6.10 Å². The number of benzene rings is 3. The molecule has 0 aliphatic rings. The number of Topliss-reactive ketones (excluding diaryl/α,β-unsaturated/α-hetero) is 1. The number of H-pyrrole nitrogens is 1. The first-order valence-corrected chi connectivity index (χ1v) is 9.66. The molecule has 162 valence electrons. The molecule has 3 aromatic carbocycles. The van der Waals surface area contributed by atoms with Crippen LogP contribution < -0.4 is 0 Å². The Balaban J connectivity index is 1.92. The van der Waals surface area contributed by atoms with Gasteiger partial charge in [0.2, 0.25) is 5.78 Å². The molecule has 4 N–H and O–H groups in total. The lowest BCUT2D eigenvalue weighted by atomic mass is 9.96. The zero-order valence-corrected chi connectivity index (χ0v) is 16.6. The van der Waals surface area contributed by atoms with Gasteiger partial charge in [0.15, 0.2) is 0 Å². The normalized spacial score (nSPS) is 13.1. The number of hydrogen-bond acceptors (Lipinski definition) is 5. The fraction of sp³-hybridized carbons (Fsp3) is 0.0833. The fourth-order valence-electron chi connectivity index (χ4n) is 3.37. The minimum absolute atomic E-state index is 0.00600. The SMILES string of the molecule is O=C(/C(=C(\O)c1cc(F)cc(F)c1)c1nc2ccccc2[nH]1)c1cccc(C(O)CO)c1. The van der Waals surface area contributed by atoms with Crippen molar-refractivity contribution in [3.05, 3.63) is 101 Å². The first-order valence-electron chi connectivity index (χ1n) is 9.66. The van der Waals surface area contributed by atoms with Crippen LogP contribution in [0, 0.1) is 11.6 Å². The van der Waals surface area contributed by atoms with E-state index in [4.69, 9.17) is 0 Å². The number of ketones is 1. The van der Waals surface area contributed by atoms with Crippen LogP contribution in [0.15, 0.2) is 66.7 Å². The topological polar surface area (TPSA) is 106 Å². The molecule has 1 aromatic heterocycles. The summed E-state index contributed by atoms with van der Waals surface area (Å²) in [7, 11) is 0. The molecule has 1 unspecified atom stereocenters. The van der Waals surface area contributed by atoms with E-state index in [2.05, 4.69) is 9.97 Å². The number of carbonyl (C=O) groups excluding carboxylic acids is 1. The number of nitrogens with zero attached hydrogens (tertiary/aromatic N) is 1. The number of para-hydroxylation sites is 2. The van der Waals surface area contributed by atoms with Gasteiger partial charge in [0.25, 0.3) is 0 Å². The van der Waals surface area contributed by atoms with E-state index in [0.29, 0.717) is 22.7 Å². The van der Waals surface area contributed by atoms with Crippen molar-refractivity contribution < 1.29 is 28.9 Å². The molecule has 8 heteroatoms. The Hall–Kier alpha value is -3.88. The molecule has 6 nitrogen and oxygen atoms in total. The zero-order valence-electron chi connectivity index (χ0n) is 16.6. The average molecular weight is 436 g/mol. The standard InChI is InChI=1S/C24H18F2N2O4/c25-16-9-15(10-17(26)11-16)23(32)21(24-27-18-6-1-2-7-19(18)28-24)22(31)14-5-3-4-13(8-14)20(30)12-29/h1-11,20,29-30,32H,12H2,(H,27,28)/b23-21+. The largest absolute Gasteiger partial charge is 0.506 e. The summed E-state index contributed by atoms with van der Waals surface area (Å²) in [6, 6.07) is 15.3. The Morgan fingerprint density at radius 1 is 0.969 bits per heavy atom. The molecule has 4 aromatic rings. The Bertz CT molecular complexity index is 1290. The van der Waals surface area contributed by atoms with Crippen LogP contribution in [-0.2, 0) is 0 Å². The first-order chi connectivity index (χ1) is 15.4. The number of imidazole rings is 1. The van der Waals surface area contributed by atoms with Crippen LogP contribution in [0.1, 0.15) is 33.4 Å². The maximum atomic E-state index is 13.8. The summed E-state index contributed by atoms with van der Waals surface area (Å²) in [5.74, 6) is -3.20. The number of hydrogen-bond donors (Lipinski definition) is 4. The highest BCUT2D eigenvalue weighted by Gasteiger charge is 2.25. The van der Waals surface area contributed by atoms with Crippen molar-refractivity contribution in [1.82, 2.24) is 9.97 Å². The molecule has 0 spiro atoms. The summed E-state index contributed by atoms with van der Waals surface area (Å²) < 4.78 is 27.6. The molecular weight excluding hydrogens is 418 g/mol. The van der Waals surface area contributed by atoms with Crippen LogP contribution in [0.4, 0.5) is 8.78 Å². The molecule has 0 fully saturated rings. The molecule has 0 saturated carbocycles. The van der Waals surface area contributed by atoms with Crippen molar-refractivity contribution in [1.29, 1.82) is 0 Å². The van der Waals surface area contributed by atoms with Crippen LogP contribution in [0.25, 0.3) is 22.4 Å². The van der Waals surface area contributed by atoms with Gasteiger partial charge in [0, 0.05) is 17.2 Å². The molecule has 1 atom stereocenters. The lowest BCUT2D eigenvalue weighted by molar-refractivity contribution is 0.0953. The number of aromatic nitrogens is 2.